The van der Waals surface area contributed by atoms with Crippen molar-refractivity contribution in [2.24, 2.45) is 5.92 Å². The van der Waals surface area contributed by atoms with Crippen LogP contribution in [0.4, 0.5) is 11.5 Å². The number of piperidine rings is 1. The first kappa shape index (κ1) is 20.5. The van der Waals surface area contributed by atoms with E-state index in [9.17, 15) is 4.79 Å². The minimum atomic E-state index is -0.252. The summed E-state index contributed by atoms with van der Waals surface area (Å²) in [6.45, 7) is 3.92. The van der Waals surface area contributed by atoms with Gasteiger partial charge in [0.05, 0.1) is 0 Å². The zero-order chi connectivity index (χ0) is 20.9. The molecular formula is C24H25BrN4O. The fraction of sp³-hybridized carbons (Fsp3) is 0.292. The predicted molar refractivity (Wildman–Crippen MR) is 124 cm³/mol. The molecule has 1 aliphatic rings. The fourth-order valence-electron chi connectivity index (χ4n) is 3.85. The lowest BCUT2D eigenvalue weighted by Crippen LogP contribution is -2.35. The van der Waals surface area contributed by atoms with Gasteiger partial charge in [-0.25, -0.2) is 0 Å². The van der Waals surface area contributed by atoms with Gasteiger partial charge in [0, 0.05) is 23.2 Å². The minimum absolute atomic E-state index is 0.252. The summed E-state index contributed by atoms with van der Waals surface area (Å²) in [4.78, 5) is 14.7. The average Bonchev–Trinajstić information content (AvgIpc) is 2.78. The van der Waals surface area contributed by atoms with E-state index in [-0.39, 0.29) is 5.91 Å². The van der Waals surface area contributed by atoms with Crippen LogP contribution in [0.2, 0.25) is 0 Å². The molecule has 2 aromatic carbocycles. The quantitative estimate of drug-likeness (QED) is 0.559. The van der Waals surface area contributed by atoms with Crippen LogP contribution in [0, 0.1) is 12.8 Å². The highest BCUT2D eigenvalue weighted by Gasteiger charge is 2.21. The topological polar surface area (TPSA) is 58.1 Å². The molecule has 1 aromatic heterocycles. The van der Waals surface area contributed by atoms with Crippen LogP contribution < -0.4 is 10.2 Å². The fourth-order valence-corrected chi connectivity index (χ4v) is 4.09. The number of carbonyl (C=O) groups is 1. The lowest BCUT2D eigenvalue weighted by molar-refractivity contribution is 0.102. The zero-order valence-corrected chi connectivity index (χ0v) is 18.6. The molecule has 0 unspecified atom stereocenters. The molecule has 4 rings (SSSR count). The smallest absolute Gasteiger partial charge is 0.276 e. The maximum absolute atomic E-state index is 12.5. The third kappa shape index (κ3) is 5.05. The Labute approximate surface area is 185 Å². The van der Waals surface area contributed by atoms with Crippen LogP contribution in [0.25, 0.3) is 0 Å². The number of nitrogens with one attached hydrogen (secondary N) is 1. The van der Waals surface area contributed by atoms with Gasteiger partial charge in [-0.3, -0.25) is 4.79 Å². The van der Waals surface area contributed by atoms with Crippen molar-refractivity contribution in [3.05, 3.63) is 82.0 Å². The van der Waals surface area contributed by atoms with Crippen molar-refractivity contribution in [2.75, 3.05) is 23.3 Å². The van der Waals surface area contributed by atoms with Crippen LogP contribution in [-0.4, -0.2) is 29.2 Å². The molecule has 1 fully saturated rings. The molecule has 0 radical (unpaired) electrons. The van der Waals surface area contributed by atoms with Crippen molar-refractivity contribution in [2.45, 2.75) is 26.2 Å². The second kappa shape index (κ2) is 9.39. The molecule has 0 atom stereocenters. The molecule has 2 heterocycles. The summed E-state index contributed by atoms with van der Waals surface area (Å²) >= 11 is 3.47. The second-order valence-electron chi connectivity index (χ2n) is 7.82. The lowest BCUT2D eigenvalue weighted by Gasteiger charge is -2.32. The third-order valence-electron chi connectivity index (χ3n) is 5.60. The number of aryl methyl sites for hydroxylation is 1. The number of carbonyl (C=O) groups excluding carboxylic acids is 1. The predicted octanol–water partition coefficient (Wildman–Crippen LogP) is 5.26. The molecule has 1 amide bonds. The van der Waals surface area contributed by atoms with Crippen LogP contribution in [0.3, 0.4) is 0 Å². The van der Waals surface area contributed by atoms with E-state index in [0.717, 1.165) is 53.9 Å². The first-order valence-electron chi connectivity index (χ1n) is 10.3. The van der Waals surface area contributed by atoms with Gasteiger partial charge in [-0.15, -0.1) is 10.2 Å². The minimum Gasteiger partial charge on any atom is -0.355 e. The maximum atomic E-state index is 12.5. The molecule has 1 N–H and O–H groups in total. The van der Waals surface area contributed by atoms with Gasteiger partial charge in [0.25, 0.3) is 5.91 Å². The highest BCUT2D eigenvalue weighted by Crippen LogP contribution is 2.25. The Balaban J connectivity index is 1.32. The lowest BCUT2D eigenvalue weighted by atomic mass is 9.90. The molecule has 1 aliphatic heterocycles. The number of hydrogen-bond acceptors (Lipinski definition) is 4. The van der Waals surface area contributed by atoms with Crippen molar-refractivity contribution >= 4 is 33.3 Å². The first-order chi connectivity index (χ1) is 14.6. The summed E-state index contributed by atoms with van der Waals surface area (Å²) < 4.78 is 1.01. The summed E-state index contributed by atoms with van der Waals surface area (Å²) in [5, 5.41) is 11.4. The van der Waals surface area contributed by atoms with E-state index in [1.54, 1.807) is 6.07 Å². The van der Waals surface area contributed by atoms with Crippen molar-refractivity contribution in [3.8, 4) is 0 Å². The van der Waals surface area contributed by atoms with E-state index in [1.165, 1.54) is 5.56 Å². The Hall–Kier alpha value is -2.73. The van der Waals surface area contributed by atoms with Gasteiger partial charge in [-0.1, -0.05) is 46.3 Å². The largest absolute Gasteiger partial charge is 0.355 e. The van der Waals surface area contributed by atoms with Crippen LogP contribution in [0.5, 0.6) is 0 Å². The molecule has 154 valence electrons. The zero-order valence-electron chi connectivity index (χ0n) is 17.0. The highest BCUT2D eigenvalue weighted by atomic mass is 79.9. The van der Waals surface area contributed by atoms with Gasteiger partial charge in [-0.2, -0.15) is 0 Å². The first-order valence-corrected chi connectivity index (χ1v) is 11.1. The molecule has 0 spiro atoms. The SMILES string of the molecule is Cc1cc(NC(=O)c2ccc(N3CCC(Cc4ccccc4)CC3)nn2)ccc1Br. The Bertz CT molecular complexity index is 999. The molecule has 0 saturated carbocycles. The van der Waals surface area contributed by atoms with Crippen LogP contribution in [0.1, 0.15) is 34.5 Å². The van der Waals surface area contributed by atoms with Crippen molar-refractivity contribution < 1.29 is 4.79 Å². The van der Waals surface area contributed by atoms with Gasteiger partial charge in [0.15, 0.2) is 11.5 Å². The highest BCUT2D eigenvalue weighted by molar-refractivity contribution is 9.10. The molecule has 0 aliphatic carbocycles. The molecule has 1 saturated heterocycles. The maximum Gasteiger partial charge on any atom is 0.276 e. The van der Waals surface area contributed by atoms with E-state index in [1.807, 2.05) is 31.2 Å². The summed E-state index contributed by atoms with van der Waals surface area (Å²) in [6.07, 6.45) is 3.42. The van der Waals surface area contributed by atoms with Gasteiger partial charge in [0.2, 0.25) is 0 Å². The normalized spacial score (nSPS) is 14.5. The number of benzene rings is 2. The summed E-state index contributed by atoms with van der Waals surface area (Å²) in [5.41, 5.74) is 3.53. The summed E-state index contributed by atoms with van der Waals surface area (Å²) in [6, 6.07) is 20.0. The van der Waals surface area contributed by atoms with E-state index in [0.29, 0.717) is 11.6 Å². The van der Waals surface area contributed by atoms with Crippen LogP contribution in [-0.2, 0) is 6.42 Å². The Kier molecular flexibility index (Phi) is 6.43. The van der Waals surface area contributed by atoms with E-state index < -0.39 is 0 Å². The molecular weight excluding hydrogens is 440 g/mol. The summed E-state index contributed by atoms with van der Waals surface area (Å²) in [5.74, 6) is 1.29. The number of hydrogen-bond donors (Lipinski definition) is 1. The van der Waals surface area contributed by atoms with Gasteiger partial charge >= 0.3 is 0 Å². The molecule has 6 heteroatoms. The number of halogens is 1. The molecule has 30 heavy (non-hydrogen) atoms. The van der Waals surface area contributed by atoms with Crippen molar-refractivity contribution in [1.82, 2.24) is 10.2 Å². The molecule has 3 aromatic rings. The van der Waals surface area contributed by atoms with E-state index in [4.69, 9.17) is 0 Å². The summed E-state index contributed by atoms with van der Waals surface area (Å²) in [7, 11) is 0. The third-order valence-corrected chi connectivity index (χ3v) is 6.49. The average molecular weight is 465 g/mol. The van der Waals surface area contributed by atoms with Crippen molar-refractivity contribution in [3.63, 3.8) is 0 Å². The number of amides is 1. The van der Waals surface area contributed by atoms with E-state index >= 15 is 0 Å². The van der Waals surface area contributed by atoms with Gasteiger partial charge < -0.3 is 10.2 Å². The van der Waals surface area contributed by atoms with Gasteiger partial charge in [0.1, 0.15) is 0 Å². The molecule has 0 bridgehead atoms. The van der Waals surface area contributed by atoms with Crippen LogP contribution >= 0.6 is 15.9 Å². The van der Waals surface area contributed by atoms with Crippen LogP contribution in [0.15, 0.2) is 65.1 Å². The van der Waals surface area contributed by atoms with E-state index in [2.05, 4.69) is 66.7 Å². The number of aromatic nitrogens is 2. The number of nitrogens with zero attached hydrogens (tertiary/aromatic N) is 3. The Morgan fingerprint density at radius 2 is 1.83 bits per heavy atom. The molecule has 5 nitrogen and oxygen atoms in total. The standard InChI is InChI=1S/C24H25BrN4O/c1-17-15-20(7-8-21(17)25)26-24(30)22-9-10-23(28-27-22)29-13-11-19(12-14-29)16-18-5-3-2-4-6-18/h2-10,15,19H,11-14,16H2,1H3,(H,26,30). The van der Waals surface area contributed by atoms with Crippen molar-refractivity contribution in [1.29, 1.82) is 0 Å². The second-order valence-corrected chi connectivity index (χ2v) is 8.67. The van der Waals surface area contributed by atoms with Gasteiger partial charge in [-0.05, 0) is 73.6 Å². The number of anilines is 2. The Morgan fingerprint density at radius 3 is 2.50 bits per heavy atom. The monoisotopic (exact) mass is 464 g/mol. The Morgan fingerprint density at radius 1 is 1.07 bits per heavy atom. The number of rotatable bonds is 5.